The highest BCUT2D eigenvalue weighted by Crippen LogP contribution is 2.19. The van der Waals surface area contributed by atoms with Crippen LogP contribution in [0.2, 0.25) is 0 Å². The van der Waals surface area contributed by atoms with Crippen LogP contribution in [-0.4, -0.2) is 20.3 Å². The van der Waals surface area contributed by atoms with Gasteiger partial charge in [-0.15, -0.1) is 11.3 Å². The van der Waals surface area contributed by atoms with E-state index in [1.807, 2.05) is 6.07 Å². The summed E-state index contributed by atoms with van der Waals surface area (Å²) in [5.41, 5.74) is 5.58. The van der Waals surface area contributed by atoms with E-state index in [0.29, 0.717) is 12.5 Å². The molecule has 1 atom stereocenters. The summed E-state index contributed by atoms with van der Waals surface area (Å²) >= 11 is 1.74. The Bertz CT molecular complexity index is 186. The van der Waals surface area contributed by atoms with Gasteiger partial charge in [0.05, 0.1) is 6.61 Å². The van der Waals surface area contributed by atoms with Crippen LogP contribution in [0.5, 0.6) is 0 Å². The maximum absolute atomic E-state index is 5.58. The maximum Gasteiger partial charge on any atom is 0.0551 e. The third-order valence-electron chi connectivity index (χ3n) is 1.60. The van der Waals surface area contributed by atoms with Crippen molar-refractivity contribution >= 4 is 11.3 Å². The van der Waals surface area contributed by atoms with Crippen LogP contribution in [0.3, 0.4) is 0 Å². The molecule has 0 aliphatic carbocycles. The Balaban J connectivity index is 2.56. The Morgan fingerprint density at radius 1 is 1.73 bits per heavy atom. The normalized spacial score (nSPS) is 13.3. The van der Waals surface area contributed by atoms with Crippen LogP contribution < -0.4 is 5.73 Å². The standard InChI is InChI=1S/C8H13NOS/c1-10-6-7(5-9)8-3-2-4-11-8/h2-4,7H,5-6,9H2,1H3. The molecule has 1 aromatic rings. The summed E-state index contributed by atoms with van der Waals surface area (Å²) in [4.78, 5) is 1.31. The summed E-state index contributed by atoms with van der Waals surface area (Å²) < 4.78 is 5.05. The van der Waals surface area contributed by atoms with Crippen LogP contribution >= 0.6 is 11.3 Å². The molecule has 1 heterocycles. The first-order chi connectivity index (χ1) is 5.38. The van der Waals surface area contributed by atoms with Gasteiger partial charge in [0.15, 0.2) is 0 Å². The van der Waals surface area contributed by atoms with Gasteiger partial charge in [-0.2, -0.15) is 0 Å². The van der Waals surface area contributed by atoms with E-state index in [1.54, 1.807) is 18.4 Å². The highest BCUT2D eigenvalue weighted by molar-refractivity contribution is 7.10. The van der Waals surface area contributed by atoms with Crippen molar-refractivity contribution in [2.75, 3.05) is 20.3 Å². The fourth-order valence-corrected chi connectivity index (χ4v) is 1.82. The van der Waals surface area contributed by atoms with Crippen LogP contribution in [0.25, 0.3) is 0 Å². The number of rotatable bonds is 4. The molecular weight excluding hydrogens is 158 g/mol. The van der Waals surface area contributed by atoms with Crippen molar-refractivity contribution in [3.05, 3.63) is 22.4 Å². The van der Waals surface area contributed by atoms with E-state index >= 15 is 0 Å². The number of hydrogen-bond donors (Lipinski definition) is 1. The Kier molecular flexibility index (Phi) is 3.56. The highest BCUT2D eigenvalue weighted by atomic mass is 32.1. The molecule has 1 aromatic heterocycles. The Labute approximate surface area is 71.0 Å². The van der Waals surface area contributed by atoms with Crippen LogP contribution in [0.4, 0.5) is 0 Å². The summed E-state index contributed by atoms with van der Waals surface area (Å²) in [5.74, 6) is 0.375. The van der Waals surface area contributed by atoms with Gasteiger partial charge in [0.1, 0.15) is 0 Å². The second kappa shape index (κ2) is 4.49. The molecule has 1 rings (SSSR count). The second-order valence-corrected chi connectivity index (χ2v) is 3.38. The topological polar surface area (TPSA) is 35.2 Å². The van der Waals surface area contributed by atoms with E-state index in [2.05, 4.69) is 11.4 Å². The smallest absolute Gasteiger partial charge is 0.0551 e. The van der Waals surface area contributed by atoms with Crippen molar-refractivity contribution in [2.24, 2.45) is 5.73 Å². The number of methoxy groups -OCH3 is 1. The zero-order valence-corrected chi connectivity index (χ0v) is 7.43. The van der Waals surface area contributed by atoms with Crippen molar-refractivity contribution in [1.82, 2.24) is 0 Å². The van der Waals surface area contributed by atoms with Gasteiger partial charge in [0, 0.05) is 24.4 Å². The molecule has 2 N–H and O–H groups in total. The lowest BCUT2D eigenvalue weighted by atomic mass is 10.1. The molecular formula is C8H13NOS. The van der Waals surface area contributed by atoms with Gasteiger partial charge in [-0.05, 0) is 11.4 Å². The van der Waals surface area contributed by atoms with E-state index in [1.165, 1.54) is 4.88 Å². The quantitative estimate of drug-likeness (QED) is 0.744. The largest absolute Gasteiger partial charge is 0.384 e. The fraction of sp³-hybridized carbons (Fsp3) is 0.500. The second-order valence-electron chi connectivity index (χ2n) is 2.40. The predicted molar refractivity (Wildman–Crippen MR) is 48.0 cm³/mol. The average Bonchev–Trinajstić information content (AvgIpc) is 2.52. The summed E-state index contributed by atoms with van der Waals surface area (Å²) in [6, 6.07) is 4.14. The van der Waals surface area contributed by atoms with Crippen LogP contribution in [0, 0.1) is 0 Å². The predicted octanol–water partition coefficient (Wildman–Crippen LogP) is 1.44. The molecule has 0 bridgehead atoms. The molecule has 0 radical (unpaired) electrons. The lowest BCUT2D eigenvalue weighted by Crippen LogP contribution is -2.15. The molecule has 0 aromatic carbocycles. The lowest BCUT2D eigenvalue weighted by Gasteiger charge is -2.10. The molecule has 11 heavy (non-hydrogen) atoms. The van der Waals surface area contributed by atoms with Crippen LogP contribution in [0.15, 0.2) is 17.5 Å². The first kappa shape index (κ1) is 8.71. The van der Waals surface area contributed by atoms with E-state index in [-0.39, 0.29) is 0 Å². The van der Waals surface area contributed by atoms with E-state index in [9.17, 15) is 0 Å². The number of hydrogen-bond acceptors (Lipinski definition) is 3. The number of ether oxygens (including phenoxy) is 1. The van der Waals surface area contributed by atoms with Crippen LogP contribution in [0.1, 0.15) is 10.8 Å². The molecule has 0 saturated carbocycles. The molecule has 0 saturated heterocycles. The highest BCUT2D eigenvalue weighted by Gasteiger charge is 2.08. The van der Waals surface area contributed by atoms with Crippen molar-refractivity contribution in [3.63, 3.8) is 0 Å². The zero-order valence-electron chi connectivity index (χ0n) is 6.62. The van der Waals surface area contributed by atoms with E-state index in [0.717, 1.165) is 6.61 Å². The maximum atomic E-state index is 5.58. The molecule has 62 valence electrons. The fourth-order valence-electron chi connectivity index (χ4n) is 0.991. The molecule has 0 aliphatic rings. The van der Waals surface area contributed by atoms with Gasteiger partial charge in [-0.3, -0.25) is 0 Å². The first-order valence-corrected chi connectivity index (χ1v) is 4.49. The summed E-state index contributed by atoms with van der Waals surface area (Å²) in [6.45, 7) is 1.38. The van der Waals surface area contributed by atoms with Crippen molar-refractivity contribution in [3.8, 4) is 0 Å². The minimum absolute atomic E-state index is 0.375. The molecule has 1 unspecified atom stereocenters. The van der Waals surface area contributed by atoms with Gasteiger partial charge < -0.3 is 10.5 Å². The van der Waals surface area contributed by atoms with Gasteiger partial charge in [0.2, 0.25) is 0 Å². The van der Waals surface area contributed by atoms with Gasteiger partial charge in [-0.25, -0.2) is 0 Å². The molecule has 3 heteroatoms. The van der Waals surface area contributed by atoms with E-state index in [4.69, 9.17) is 10.5 Å². The first-order valence-electron chi connectivity index (χ1n) is 3.61. The SMILES string of the molecule is COCC(CN)c1cccs1. The third-order valence-corrected chi connectivity index (χ3v) is 2.63. The molecule has 0 aliphatic heterocycles. The lowest BCUT2D eigenvalue weighted by molar-refractivity contribution is 0.182. The monoisotopic (exact) mass is 171 g/mol. The molecule has 0 amide bonds. The van der Waals surface area contributed by atoms with Gasteiger partial charge >= 0.3 is 0 Å². The minimum Gasteiger partial charge on any atom is -0.384 e. The van der Waals surface area contributed by atoms with Gasteiger partial charge in [0.25, 0.3) is 0 Å². The third kappa shape index (κ3) is 2.29. The van der Waals surface area contributed by atoms with Crippen molar-refractivity contribution in [1.29, 1.82) is 0 Å². The van der Waals surface area contributed by atoms with Gasteiger partial charge in [-0.1, -0.05) is 6.07 Å². The number of nitrogens with two attached hydrogens (primary N) is 1. The summed E-state index contributed by atoms with van der Waals surface area (Å²) in [5, 5.41) is 2.06. The molecule has 0 fully saturated rings. The Morgan fingerprint density at radius 3 is 3.00 bits per heavy atom. The molecule has 0 spiro atoms. The zero-order chi connectivity index (χ0) is 8.10. The minimum atomic E-state index is 0.375. The summed E-state index contributed by atoms with van der Waals surface area (Å²) in [7, 11) is 1.70. The summed E-state index contributed by atoms with van der Waals surface area (Å²) in [6.07, 6.45) is 0. The Hall–Kier alpha value is -0.380. The van der Waals surface area contributed by atoms with Crippen molar-refractivity contribution in [2.45, 2.75) is 5.92 Å². The number of thiophene rings is 1. The Morgan fingerprint density at radius 2 is 2.55 bits per heavy atom. The van der Waals surface area contributed by atoms with Crippen molar-refractivity contribution < 1.29 is 4.74 Å². The van der Waals surface area contributed by atoms with E-state index < -0.39 is 0 Å². The molecule has 2 nitrogen and oxygen atoms in total. The average molecular weight is 171 g/mol. The van der Waals surface area contributed by atoms with Crippen LogP contribution in [-0.2, 0) is 4.74 Å².